The molecule has 4 nitrogen and oxygen atoms in total. The van der Waals surface area contributed by atoms with Gasteiger partial charge in [0.15, 0.2) is 0 Å². The van der Waals surface area contributed by atoms with Gasteiger partial charge >= 0.3 is 0 Å². The Kier molecular flexibility index (Phi) is 7.06. The van der Waals surface area contributed by atoms with Crippen LogP contribution < -0.4 is 10.1 Å². The third-order valence-electron chi connectivity index (χ3n) is 6.67. The zero-order chi connectivity index (χ0) is 20.7. The molecular formula is C26H34N2O2. The Hall–Kier alpha value is -2.33. The molecule has 30 heavy (non-hydrogen) atoms. The second-order valence-electron chi connectivity index (χ2n) is 8.74. The number of likely N-dealkylation sites (tertiary alicyclic amines) is 1. The number of hydrogen-bond donors (Lipinski definition) is 1. The molecule has 2 fully saturated rings. The minimum Gasteiger partial charge on any atom is -0.494 e. The van der Waals surface area contributed by atoms with Crippen molar-refractivity contribution in [1.29, 1.82) is 0 Å². The average molecular weight is 407 g/mol. The fourth-order valence-electron chi connectivity index (χ4n) is 4.93. The van der Waals surface area contributed by atoms with Crippen LogP contribution in [0.1, 0.15) is 56.9 Å². The quantitative estimate of drug-likeness (QED) is 0.598. The lowest BCUT2D eigenvalue weighted by Gasteiger charge is -2.36. The lowest BCUT2D eigenvalue weighted by atomic mass is 9.68. The first-order valence-corrected chi connectivity index (χ1v) is 11.6. The maximum Gasteiger partial charge on any atom is 0.235 e. The van der Waals surface area contributed by atoms with E-state index in [-0.39, 0.29) is 5.91 Å². The van der Waals surface area contributed by atoms with E-state index in [1.807, 2.05) is 42.5 Å². The van der Waals surface area contributed by atoms with Crippen molar-refractivity contribution < 1.29 is 9.53 Å². The Balaban J connectivity index is 1.33. The van der Waals surface area contributed by atoms with Crippen LogP contribution in [0, 0.1) is 0 Å². The Morgan fingerprint density at radius 3 is 2.30 bits per heavy atom. The van der Waals surface area contributed by atoms with Gasteiger partial charge in [0.2, 0.25) is 5.91 Å². The number of carbonyl (C=O) groups is 1. The first kappa shape index (κ1) is 20.9. The van der Waals surface area contributed by atoms with E-state index in [9.17, 15) is 4.79 Å². The van der Waals surface area contributed by atoms with Crippen molar-refractivity contribution in [3.05, 3.63) is 60.2 Å². The molecule has 1 amide bonds. The summed E-state index contributed by atoms with van der Waals surface area (Å²) in [5, 5.41) is 3.18. The third kappa shape index (κ3) is 5.04. The van der Waals surface area contributed by atoms with E-state index in [2.05, 4.69) is 22.3 Å². The molecule has 1 N–H and O–H groups in total. The highest BCUT2D eigenvalue weighted by Crippen LogP contribution is 2.40. The molecule has 0 atom stereocenters. The van der Waals surface area contributed by atoms with Crippen LogP contribution in [-0.2, 0) is 10.2 Å². The molecular weight excluding hydrogens is 372 g/mol. The van der Waals surface area contributed by atoms with Gasteiger partial charge in [-0.3, -0.25) is 4.79 Å². The van der Waals surface area contributed by atoms with Crippen LogP contribution in [0.2, 0.25) is 0 Å². The number of nitrogens with one attached hydrogen (secondary N) is 1. The number of rotatable bonds is 8. The lowest BCUT2D eigenvalue weighted by Crippen LogP contribution is -2.42. The van der Waals surface area contributed by atoms with Crippen LogP contribution in [0.4, 0.5) is 5.69 Å². The van der Waals surface area contributed by atoms with Crippen molar-refractivity contribution in [2.75, 3.05) is 31.6 Å². The molecule has 0 aromatic heterocycles. The van der Waals surface area contributed by atoms with Crippen molar-refractivity contribution in [3.63, 3.8) is 0 Å². The number of carbonyl (C=O) groups excluding carboxylic acids is 1. The van der Waals surface area contributed by atoms with E-state index in [4.69, 9.17) is 4.74 Å². The summed E-state index contributed by atoms with van der Waals surface area (Å²) < 4.78 is 5.89. The predicted molar refractivity (Wildman–Crippen MR) is 122 cm³/mol. The van der Waals surface area contributed by atoms with E-state index < -0.39 is 5.41 Å². The van der Waals surface area contributed by atoms with Crippen molar-refractivity contribution in [3.8, 4) is 5.75 Å². The second-order valence-corrected chi connectivity index (χ2v) is 8.74. The normalized spacial score (nSPS) is 18.8. The van der Waals surface area contributed by atoms with E-state index in [1.165, 1.54) is 32.4 Å². The topological polar surface area (TPSA) is 41.6 Å². The highest BCUT2D eigenvalue weighted by atomic mass is 16.5. The van der Waals surface area contributed by atoms with Gasteiger partial charge in [0, 0.05) is 12.2 Å². The molecule has 1 aliphatic heterocycles. The van der Waals surface area contributed by atoms with Gasteiger partial charge in [0.1, 0.15) is 5.75 Å². The van der Waals surface area contributed by atoms with Gasteiger partial charge in [-0.25, -0.2) is 0 Å². The lowest BCUT2D eigenvalue weighted by molar-refractivity contribution is -0.122. The Morgan fingerprint density at radius 2 is 1.60 bits per heavy atom. The maximum atomic E-state index is 13.4. The molecule has 2 aromatic rings. The van der Waals surface area contributed by atoms with Crippen molar-refractivity contribution in [2.24, 2.45) is 0 Å². The molecule has 0 radical (unpaired) electrons. The highest BCUT2D eigenvalue weighted by molar-refractivity contribution is 5.99. The second kappa shape index (κ2) is 10.1. The Bertz CT molecular complexity index is 792. The monoisotopic (exact) mass is 406 g/mol. The number of benzene rings is 2. The van der Waals surface area contributed by atoms with Crippen LogP contribution in [-0.4, -0.2) is 37.0 Å². The average Bonchev–Trinajstić information content (AvgIpc) is 3.32. The van der Waals surface area contributed by atoms with Crippen molar-refractivity contribution in [2.45, 2.75) is 56.8 Å². The molecule has 1 heterocycles. The van der Waals surface area contributed by atoms with Crippen LogP contribution in [0.15, 0.2) is 54.6 Å². The molecule has 160 valence electrons. The molecule has 1 saturated heterocycles. The molecule has 0 spiro atoms. The predicted octanol–water partition coefficient (Wildman–Crippen LogP) is 5.39. The van der Waals surface area contributed by atoms with Gasteiger partial charge in [-0.15, -0.1) is 0 Å². The van der Waals surface area contributed by atoms with E-state index in [0.717, 1.165) is 62.3 Å². The van der Waals surface area contributed by atoms with Gasteiger partial charge in [-0.2, -0.15) is 0 Å². The number of ether oxygens (including phenoxy) is 1. The summed E-state index contributed by atoms with van der Waals surface area (Å²) in [6.07, 6.45) is 8.98. The van der Waals surface area contributed by atoms with Gasteiger partial charge in [-0.05, 0) is 75.0 Å². The molecule has 0 unspecified atom stereocenters. The summed E-state index contributed by atoms with van der Waals surface area (Å²) in [6.45, 7) is 4.33. The van der Waals surface area contributed by atoms with Crippen LogP contribution >= 0.6 is 0 Å². The summed E-state index contributed by atoms with van der Waals surface area (Å²) in [7, 11) is 0. The van der Waals surface area contributed by atoms with Crippen LogP contribution in [0.25, 0.3) is 0 Å². The summed E-state index contributed by atoms with van der Waals surface area (Å²) in [5.74, 6) is 0.984. The number of nitrogens with zero attached hydrogens (tertiary/aromatic N) is 1. The van der Waals surface area contributed by atoms with Crippen LogP contribution in [0.5, 0.6) is 5.75 Å². The number of hydrogen-bond acceptors (Lipinski definition) is 3. The minimum atomic E-state index is -0.412. The van der Waals surface area contributed by atoms with Gasteiger partial charge in [-0.1, -0.05) is 49.6 Å². The number of anilines is 1. The third-order valence-corrected chi connectivity index (χ3v) is 6.67. The van der Waals surface area contributed by atoms with E-state index in [0.29, 0.717) is 0 Å². The molecule has 4 rings (SSSR count). The molecule has 2 aromatic carbocycles. The van der Waals surface area contributed by atoms with Crippen molar-refractivity contribution >= 4 is 11.6 Å². The summed E-state index contributed by atoms with van der Waals surface area (Å²) >= 11 is 0. The van der Waals surface area contributed by atoms with E-state index in [1.54, 1.807) is 0 Å². The standard InChI is InChI=1S/C26H34N2O2/c29-25(26(16-5-2-6-17-26)22-10-3-1-4-11-22)27-23-12-14-24(15-13-23)30-21-9-20-28-18-7-8-19-28/h1,3-4,10-15H,2,5-9,16-21H2,(H,27,29). The summed E-state index contributed by atoms with van der Waals surface area (Å²) in [5.41, 5.74) is 1.56. The fourth-order valence-corrected chi connectivity index (χ4v) is 4.93. The largest absolute Gasteiger partial charge is 0.494 e. The zero-order valence-corrected chi connectivity index (χ0v) is 17.9. The SMILES string of the molecule is O=C(Nc1ccc(OCCCN2CCCC2)cc1)C1(c2ccccc2)CCCCC1. The highest BCUT2D eigenvalue weighted by Gasteiger charge is 2.40. The molecule has 0 bridgehead atoms. The van der Waals surface area contributed by atoms with Crippen LogP contribution in [0.3, 0.4) is 0 Å². The molecule has 4 heteroatoms. The smallest absolute Gasteiger partial charge is 0.235 e. The van der Waals surface area contributed by atoms with Gasteiger partial charge < -0.3 is 15.0 Å². The zero-order valence-electron chi connectivity index (χ0n) is 17.9. The number of amides is 1. The van der Waals surface area contributed by atoms with Gasteiger partial charge in [0.25, 0.3) is 0 Å². The van der Waals surface area contributed by atoms with E-state index >= 15 is 0 Å². The summed E-state index contributed by atoms with van der Waals surface area (Å²) in [6, 6.07) is 18.1. The van der Waals surface area contributed by atoms with Crippen molar-refractivity contribution in [1.82, 2.24) is 4.90 Å². The first-order valence-electron chi connectivity index (χ1n) is 11.6. The Labute approximate surface area is 180 Å². The minimum absolute atomic E-state index is 0.118. The maximum absolute atomic E-state index is 13.4. The Morgan fingerprint density at radius 1 is 0.900 bits per heavy atom. The fraction of sp³-hybridized carbons (Fsp3) is 0.500. The first-order chi connectivity index (χ1) is 14.8. The molecule has 1 saturated carbocycles. The molecule has 1 aliphatic carbocycles. The molecule has 2 aliphatic rings. The summed E-state index contributed by atoms with van der Waals surface area (Å²) in [4.78, 5) is 15.9. The van der Waals surface area contributed by atoms with Gasteiger partial charge in [0.05, 0.1) is 12.0 Å².